The maximum atomic E-state index is 12.9. The first-order valence-corrected chi connectivity index (χ1v) is 10.7. The fourth-order valence-electron chi connectivity index (χ4n) is 3.53. The Bertz CT molecular complexity index is 1520. The molecule has 0 aliphatic carbocycles. The molecule has 0 saturated heterocycles. The molecule has 4 rings (SSSR count). The number of rotatable bonds is 8. The van der Waals surface area contributed by atoms with E-state index in [0.717, 1.165) is 16.3 Å². The summed E-state index contributed by atoms with van der Waals surface area (Å²) in [6.45, 7) is -0.595. The summed E-state index contributed by atoms with van der Waals surface area (Å²) in [6, 6.07) is 19.5. The molecule has 1 N–H and O–H groups in total. The molecule has 0 radical (unpaired) electrons. The van der Waals surface area contributed by atoms with E-state index >= 15 is 0 Å². The van der Waals surface area contributed by atoms with Crippen molar-refractivity contribution in [3.8, 4) is 5.75 Å². The number of methoxy groups -OCH3 is 1. The summed E-state index contributed by atoms with van der Waals surface area (Å²) in [4.78, 5) is 48.8. The summed E-state index contributed by atoms with van der Waals surface area (Å²) < 4.78 is 11.3. The summed E-state index contributed by atoms with van der Waals surface area (Å²) in [5.74, 6) is -1.47. The molecule has 0 aliphatic heterocycles. The number of fused-ring (bicyclic) bond motifs is 1. The zero-order chi connectivity index (χ0) is 25.7. The maximum absolute atomic E-state index is 12.9. The molecule has 0 aliphatic rings. The van der Waals surface area contributed by atoms with Crippen LogP contribution in [-0.4, -0.2) is 40.3 Å². The van der Waals surface area contributed by atoms with Crippen LogP contribution in [-0.2, 0) is 16.1 Å². The lowest BCUT2D eigenvalue weighted by molar-refractivity contribution is -0.384. The fraction of sp³-hybridized carbons (Fsp3) is 0.120. The Morgan fingerprint density at radius 2 is 1.72 bits per heavy atom. The molecule has 0 fully saturated rings. The number of nitrogens with zero attached hydrogens (tertiary/aromatic N) is 3. The molecule has 36 heavy (non-hydrogen) atoms. The Morgan fingerprint density at radius 3 is 2.42 bits per heavy atom. The third-order valence-corrected chi connectivity index (χ3v) is 5.25. The molecule has 0 spiro atoms. The van der Waals surface area contributed by atoms with Gasteiger partial charge in [0, 0.05) is 5.39 Å². The molecule has 1 heterocycles. The number of benzene rings is 3. The minimum Gasteiger partial charge on any atom is -0.496 e. The largest absolute Gasteiger partial charge is 0.496 e. The number of carbonyl (C=O) groups is 2. The Morgan fingerprint density at radius 1 is 1.03 bits per heavy atom. The van der Waals surface area contributed by atoms with Gasteiger partial charge >= 0.3 is 5.97 Å². The second kappa shape index (κ2) is 10.5. The number of hydrogen-bond acceptors (Lipinski definition) is 8. The average molecular weight is 488 g/mol. The van der Waals surface area contributed by atoms with E-state index in [1.807, 2.05) is 30.3 Å². The smallest absolute Gasteiger partial charge is 0.359 e. The summed E-state index contributed by atoms with van der Waals surface area (Å²) in [5, 5.41) is 18.4. The van der Waals surface area contributed by atoms with Crippen LogP contribution in [0.3, 0.4) is 0 Å². The lowest BCUT2D eigenvalue weighted by Crippen LogP contribution is -2.28. The van der Waals surface area contributed by atoms with Gasteiger partial charge in [-0.1, -0.05) is 48.5 Å². The molecule has 1 amide bonds. The molecule has 0 atom stereocenters. The molecule has 11 nitrogen and oxygen atoms in total. The SMILES string of the molecule is COc1ccc(NC(=O)COC(=O)c2nn(Cc3ccccc3)c(=O)c3ccccc23)c([N+](=O)[O-])c1. The van der Waals surface area contributed by atoms with Crippen LogP contribution in [0.15, 0.2) is 77.6 Å². The van der Waals surface area contributed by atoms with Crippen LogP contribution in [0.5, 0.6) is 5.75 Å². The molecular formula is C25H20N4O7. The minimum absolute atomic E-state index is 0.0816. The summed E-state index contributed by atoms with van der Waals surface area (Å²) >= 11 is 0. The van der Waals surface area contributed by atoms with Crippen molar-refractivity contribution >= 4 is 34.0 Å². The first-order chi connectivity index (χ1) is 17.4. The van der Waals surface area contributed by atoms with Crippen molar-refractivity contribution in [1.82, 2.24) is 9.78 Å². The number of nitro groups is 1. The average Bonchev–Trinajstić information content (AvgIpc) is 2.89. The van der Waals surface area contributed by atoms with Gasteiger partial charge < -0.3 is 14.8 Å². The van der Waals surface area contributed by atoms with Gasteiger partial charge in [-0.25, -0.2) is 9.48 Å². The van der Waals surface area contributed by atoms with Gasteiger partial charge in [-0.15, -0.1) is 0 Å². The molecule has 182 valence electrons. The number of anilines is 1. The van der Waals surface area contributed by atoms with Crippen molar-refractivity contribution < 1.29 is 24.0 Å². The van der Waals surface area contributed by atoms with Gasteiger partial charge in [-0.2, -0.15) is 5.10 Å². The molecule has 4 aromatic rings. The number of nitrogens with one attached hydrogen (secondary N) is 1. The highest BCUT2D eigenvalue weighted by Crippen LogP contribution is 2.28. The Kier molecular flexibility index (Phi) is 7.00. The number of nitro benzene ring substituents is 1. The van der Waals surface area contributed by atoms with Crippen molar-refractivity contribution in [2.75, 3.05) is 19.0 Å². The van der Waals surface area contributed by atoms with Crippen LogP contribution < -0.4 is 15.6 Å². The highest BCUT2D eigenvalue weighted by atomic mass is 16.6. The molecule has 1 aromatic heterocycles. The van der Waals surface area contributed by atoms with Gasteiger partial charge in [0.25, 0.3) is 17.2 Å². The molecule has 11 heteroatoms. The number of aromatic nitrogens is 2. The lowest BCUT2D eigenvalue weighted by Gasteiger charge is -2.11. The molecular weight excluding hydrogens is 468 g/mol. The van der Waals surface area contributed by atoms with E-state index in [1.165, 1.54) is 19.2 Å². The van der Waals surface area contributed by atoms with E-state index in [-0.39, 0.29) is 45.7 Å². The van der Waals surface area contributed by atoms with Crippen LogP contribution in [0.4, 0.5) is 11.4 Å². The molecule has 0 unspecified atom stereocenters. The third-order valence-electron chi connectivity index (χ3n) is 5.25. The molecule has 3 aromatic carbocycles. The van der Waals surface area contributed by atoms with Gasteiger partial charge in [0.2, 0.25) is 0 Å². The van der Waals surface area contributed by atoms with Crippen molar-refractivity contribution in [2.45, 2.75) is 6.54 Å². The van der Waals surface area contributed by atoms with Crippen molar-refractivity contribution in [3.63, 3.8) is 0 Å². The van der Waals surface area contributed by atoms with E-state index < -0.39 is 23.4 Å². The number of carbonyl (C=O) groups excluding carboxylic acids is 2. The van der Waals surface area contributed by atoms with E-state index in [9.17, 15) is 24.5 Å². The minimum atomic E-state index is -0.924. The normalized spacial score (nSPS) is 10.6. The van der Waals surface area contributed by atoms with Crippen molar-refractivity contribution in [2.24, 2.45) is 0 Å². The van der Waals surface area contributed by atoms with Gasteiger partial charge in [0.15, 0.2) is 12.3 Å². The van der Waals surface area contributed by atoms with Crippen LogP contribution in [0.25, 0.3) is 10.8 Å². The van der Waals surface area contributed by atoms with Crippen molar-refractivity contribution in [3.05, 3.63) is 105 Å². The van der Waals surface area contributed by atoms with Crippen LogP contribution in [0.2, 0.25) is 0 Å². The van der Waals surface area contributed by atoms with Gasteiger partial charge in [0.05, 0.1) is 30.0 Å². The van der Waals surface area contributed by atoms with Crippen molar-refractivity contribution in [1.29, 1.82) is 0 Å². The molecule has 0 bridgehead atoms. The zero-order valence-electron chi connectivity index (χ0n) is 19.0. The maximum Gasteiger partial charge on any atom is 0.359 e. The summed E-state index contributed by atoms with van der Waals surface area (Å²) in [5.41, 5.74) is -0.168. The molecule has 0 saturated carbocycles. The predicted molar refractivity (Wildman–Crippen MR) is 130 cm³/mol. The summed E-state index contributed by atoms with van der Waals surface area (Å²) in [7, 11) is 1.36. The van der Waals surface area contributed by atoms with E-state index in [0.29, 0.717) is 0 Å². The van der Waals surface area contributed by atoms with Crippen LogP contribution in [0, 0.1) is 10.1 Å². The number of ether oxygens (including phenoxy) is 2. The Hall–Kier alpha value is -5.06. The second-order valence-electron chi connectivity index (χ2n) is 7.61. The van der Waals surface area contributed by atoms with Gasteiger partial charge in [0.1, 0.15) is 11.4 Å². The van der Waals surface area contributed by atoms with Gasteiger partial charge in [-0.05, 0) is 23.8 Å². The highest BCUT2D eigenvalue weighted by molar-refractivity contribution is 6.03. The van der Waals surface area contributed by atoms with Crippen LogP contribution in [0.1, 0.15) is 16.1 Å². The first-order valence-electron chi connectivity index (χ1n) is 10.7. The van der Waals surface area contributed by atoms with E-state index in [1.54, 1.807) is 24.3 Å². The van der Waals surface area contributed by atoms with Crippen LogP contribution >= 0.6 is 0 Å². The standard InChI is InChI=1S/C25H20N4O7/c1-35-17-11-12-20(21(13-17)29(33)34)26-22(30)15-36-25(32)23-18-9-5-6-10-19(18)24(31)28(27-23)14-16-7-3-2-4-8-16/h2-13H,14-15H2,1H3,(H,26,30). The summed E-state index contributed by atoms with van der Waals surface area (Å²) in [6.07, 6.45) is 0. The second-order valence-corrected chi connectivity index (χ2v) is 7.61. The lowest BCUT2D eigenvalue weighted by atomic mass is 10.1. The topological polar surface area (TPSA) is 143 Å². The monoisotopic (exact) mass is 488 g/mol. The number of hydrogen-bond donors (Lipinski definition) is 1. The quantitative estimate of drug-likeness (QED) is 0.226. The van der Waals surface area contributed by atoms with E-state index in [4.69, 9.17) is 9.47 Å². The van der Waals surface area contributed by atoms with E-state index in [2.05, 4.69) is 10.4 Å². The highest BCUT2D eigenvalue weighted by Gasteiger charge is 2.21. The number of esters is 1. The number of amides is 1. The third kappa shape index (κ3) is 5.20. The fourth-order valence-corrected chi connectivity index (χ4v) is 3.53. The Balaban J connectivity index is 1.55. The predicted octanol–water partition coefficient (Wildman–Crippen LogP) is 3.16. The van der Waals surface area contributed by atoms with Gasteiger partial charge in [-0.3, -0.25) is 19.7 Å². The Labute approximate surface area is 204 Å². The first kappa shape index (κ1) is 24.1. The zero-order valence-corrected chi connectivity index (χ0v) is 19.0.